The summed E-state index contributed by atoms with van der Waals surface area (Å²) in [4.78, 5) is 16.8. The van der Waals surface area contributed by atoms with Crippen LogP contribution in [0.15, 0.2) is 66.9 Å². The van der Waals surface area contributed by atoms with Crippen molar-refractivity contribution in [3.63, 3.8) is 0 Å². The Kier molecular flexibility index (Phi) is 4.54. The minimum Gasteiger partial charge on any atom is -0.321 e. The summed E-state index contributed by atoms with van der Waals surface area (Å²) in [6.07, 6.45) is -2.95. The zero-order valence-corrected chi connectivity index (χ0v) is 15.2. The van der Waals surface area contributed by atoms with E-state index in [2.05, 4.69) is 15.4 Å². The van der Waals surface area contributed by atoms with E-state index in [4.69, 9.17) is 0 Å². The highest BCUT2D eigenvalue weighted by atomic mass is 19.4. The molecule has 2 heterocycles. The van der Waals surface area contributed by atoms with Gasteiger partial charge in [0.05, 0.1) is 28.8 Å². The van der Waals surface area contributed by atoms with E-state index in [-0.39, 0.29) is 5.56 Å². The number of hydrogen-bond acceptors (Lipinski definition) is 3. The van der Waals surface area contributed by atoms with Gasteiger partial charge in [-0.3, -0.25) is 4.79 Å². The van der Waals surface area contributed by atoms with E-state index in [9.17, 15) is 18.0 Å². The lowest BCUT2D eigenvalue weighted by Crippen LogP contribution is -2.13. The minimum atomic E-state index is -4.44. The molecule has 29 heavy (non-hydrogen) atoms. The fourth-order valence-electron chi connectivity index (χ4n) is 2.98. The first-order chi connectivity index (χ1) is 13.8. The number of fused-ring (bicyclic) bond motifs is 1. The van der Waals surface area contributed by atoms with Gasteiger partial charge in [-0.2, -0.15) is 18.3 Å². The predicted octanol–water partition coefficient (Wildman–Crippen LogP) is 5.00. The lowest BCUT2D eigenvalue weighted by molar-refractivity contribution is -0.137. The predicted molar refractivity (Wildman–Crippen MR) is 103 cm³/mol. The van der Waals surface area contributed by atoms with E-state index in [1.807, 2.05) is 37.3 Å². The molecule has 8 heteroatoms. The SMILES string of the molecule is Cc1nn(-c2ccccc2)c2ncc(NC(=O)c3ccc(C(F)(F)F)cc3)cc12. The van der Waals surface area contributed by atoms with Crippen molar-refractivity contribution in [3.05, 3.63) is 83.7 Å². The monoisotopic (exact) mass is 396 g/mol. The zero-order chi connectivity index (χ0) is 20.6. The van der Waals surface area contributed by atoms with Crippen LogP contribution in [0.25, 0.3) is 16.7 Å². The summed E-state index contributed by atoms with van der Waals surface area (Å²) in [6.45, 7) is 1.84. The Bertz CT molecular complexity index is 1180. The lowest BCUT2D eigenvalue weighted by atomic mass is 10.1. The molecule has 4 rings (SSSR count). The van der Waals surface area contributed by atoms with Gasteiger partial charge >= 0.3 is 6.18 Å². The van der Waals surface area contributed by atoms with E-state index in [1.165, 1.54) is 6.20 Å². The number of halogens is 3. The van der Waals surface area contributed by atoms with Gasteiger partial charge in [-0.1, -0.05) is 18.2 Å². The maximum atomic E-state index is 12.7. The lowest BCUT2D eigenvalue weighted by Gasteiger charge is -2.08. The van der Waals surface area contributed by atoms with E-state index < -0.39 is 17.6 Å². The number of nitrogens with one attached hydrogen (secondary N) is 1. The van der Waals surface area contributed by atoms with Gasteiger partial charge in [-0.05, 0) is 49.4 Å². The number of alkyl halides is 3. The summed E-state index contributed by atoms with van der Waals surface area (Å²) in [5.74, 6) is -0.520. The summed E-state index contributed by atoms with van der Waals surface area (Å²) in [7, 11) is 0. The number of carbonyl (C=O) groups excluding carboxylic acids is 1. The summed E-state index contributed by atoms with van der Waals surface area (Å²) >= 11 is 0. The molecule has 0 radical (unpaired) electrons. The molecule has 0 saturated heterocycles. The Labute approximate surface area is 163 Å². The number of nitrogens with zero attached hydrogens (tertiary/aromatic N) is 3. The van der Waals surface area contributed by atoms with Crippen LogP contribution in [0.4, 0.5) is 18.9 Å². The van der Waals surface area contributed by atoms with Crippen LogP contribution in [0.5, 0.6) is 0 Å². The molecule has 1 amide bonds. The Hall–Kier alpha value is -3.68. The third-order valence-electron chi connectivity index (χ3n) is 4.44. The highest BCUT2D eigenvalue weighted by Crippen LogP contribution is 2.29. The number of hydrogen-bond donors (Lipinski definition) is 1. The highest BCUT2D eigenvalue weighted by molar-refractivity contribution is 6.05. The number of amides is 1. The van der Waals surface area contributed by atoms with Crippen molar-refractivity contribution in [2.45, 2.75) is 13.1 Å². The Morgan fingerprint density at radius 3 is 2.38 bits per heavy atom. The topological polar surface area (TPSA) is 59.8 Å². The smallest absolute Gasteiger partial charge is 0.321 e. The zero-order valence-electron chi connectivity index (χ0n) is 15.2. The van der Waals surface area contributed by atoms with E-state index >= 15 is 0 Å². The number of anilines is 1. The van der Waals surface area contributed by atoms with Crippen molar-refractivity contribution >= 4 is 22.6 Å². The van der Waals surface area contributed by atoms with E-state index in [0.717, 1.165) is 41.0 Å². The van der Waals surface area contributed by atoms with Crippen LogP contribution in [0, 0.1) is 6.92 Å². The van der Waals surface area contributed by atoms with E-state index in [1.54, 1.807) is 10.7 Å². The average molecular weight is 396 g/mol. The molecule has 0 saturated carbocycles. The fourth-order valence-corrected chi connectivity index (χ4v) is 2.98. The van der Waals surface area contributed by atoms with Crippen LogP contribution in [-0.2, 0) is 6.18 Å². The van der Waals surface area contributed by atoms with Gasteiger partial charge in [0.1, 0.15) is 0 Å². The molecule has 0 spiro atoms. The fraction of sp³-hybridized carbons (Fsp3) is 0.0952. The molecule has 4 aromatic rings. The number of carbonyl (C=O) groups is 1. The molecule has 2 aromatic heterocycles. The molecule has 0 atom stereocenters. The molecule has 0 aliphatic rings. The van der Waals surface area contributed by atoms with Crippen LogP contribution < -0.4 is 5.32 Å². The number of rotatable bonds is 3. The van der Waals surface area contributed by atoms with Crippen LogP contribution >= 0.6 is 0 Å². The second-order valence-corrected chi connectivity index (χ2v) is 6.46. The number of para-hydroxylation sites is 1. The molecule has 0 unspecified atom stereocenters. The number of benzene rings is 2. The van der Waals surface area contributed by atoms with Crippen LogP contribution in [0.3, 0.4) is 0 Å². The summed E-state index contributed by atoms with van der Waals surface area (Å²) in [6, 6.07) is 15.3. The molecular formula is C21H15F3N4O. The number of pyridine rings is 1. The maximum Gasteiger partial charge on any atom is 0.416 e. The van der Waals surface area contributed by atoms with Gasteiger partial charge in [0, 0.05) is 10.9 Å². The molecule has 1 N–H and O–H groups in total. The van der Waals surface area contributed by atoms with Crippen molar-refractivity contribution in [2.75, 3.05) is 5.32 Å². The van der Waals surface area contributed by atoms with Crippen LogP contribution in [0.1, 0.15) is 21.6 Å². The van der Waals surface area contributed by atoms with Gasteiger partial charge in [0.2, 0.25) is 0 Å². The Morgan fingerprint density at radius 1 is 1.03 bits per heavy atom. The molecular weight excluding hydrogens is 381 g/mol. The van der Waals surface area contributed by atoms with Gasteiger partial charge in [-0.15, -0.1) is 0 Å². The van der Waals surface area contributed by atoms with Crippen LogP contribution in [-0.4, -0.2) is 20.7 Å². The summed E-state index contributed by atoms with van der Waals surface area (Å²) < 4.78 is 39.7. The second kappa shape index (κ2) is 7.05. The van der Waals surface area contributed by atoms with Gasteiger partial charge in [0.25, 0.3) is 5.91 Å². The molecule has 0 fully saturated rings. The molecule has 0 aliphatic heterocycles. The highest BCUT2D eigenvalue weighted by Gasteiger charge is 2.30. The third-order valence-corrected chi connectivity index (χ3v) is 4.44. The largest absolute Gasteiger partial charge is 0.416 e. The molecule has 0 bridgehead atoms. The molecule has 0 aliphatic carbocycles. The Balaban J connectivity index is 1.60. The molecule has 5 nitrogen and oxygen atoms in total. The van der Waals surface area contributed by atoms with Crippen LogP contribution in [0.2, 0.25) is 0 Å². The second-order valence-electron chi connectivity index (χ2n) is 6.46. The van der Waals surface area contributed by atoms with E-state index in [0.29, 0.717) is 11.3 Å². The Morgan fingerprint density at radius 2 is 1.72 bits per heavy atom. The summed E-state index contributed by atoms with van der Waals surface area (Å²) in [5, 5.41) is 7.93. The van der Waals surface area contributed by atoms with Gasteiger partial charge in [0.15, 0.2) is 5.65 Å². The first-order valence-electron chi connectivity index (χ1n) is 8.72. The number of aryl methyl sites for hydroxylation is 1. The quantitative estimate of drug-likeness (QED) is 0.530. The normalized spacial score (nSPS) is 11.6. The molecule has 146 valence electrons. The first kappa shape index (κ1) is 18.7. The van der Waals surface area contributed by atoms with Crippen molar-refractivity contribution < 1.29 is 18.0 Å². The third kappa shape index (κ3) is 3.69. The van der Waals surface area contributed by atoms with Crippen molar-refractivity contribution in [2.24, 2.45) is 0 Å². The average Bonchev–Trinajstić information content (AvgIpc) is 3.04. The first-order valence-corrected chi connectivity index (χ1v) is 8.72. The van der Waals surface area contributed by atoms with Crippen molar-refractivity contribution in [1.29, 1.82) is 0 Å². The van der Waals surface area contributed by atoms with Gasteiger partial charge < -0.3 is 5.32 Å². The van der Waals surface area contributed by atoms with Crippen molar-refractivity contribution in [1.82, 2.24) is 14.8 Å². The van der Waals surface area contributed by atoms with Gasteiger partial charge in [-0.25, -0.2) is 9.67 Å². The minimum absolute atomic E-state index is 0.120. The number of aromatic nitrogens is 3. The molecule has 2 aromatic carbocycles. The summed E-state index contributed by atoms with van der Waals surface area (Å²) in [5.41, 5.74) is 1.98. The van der Waals surface area contributed by atoms with Crippen molar-refractivity contribution in [3.8, 4) is 5.69 Å². The maximum absolute atomic E-state index is 12.7. The standard InChI is InChI=1S/C21H15F3N4O/c1-13-18-11-16(12-25-19(18)28(27-13)17-5-3-2-4-6-17)26-20(29)14-7-9-15(10-8-14)21(22,23)24/h2-12H,1H3,(H,26,29).